The first kappa shape index (κ1) is 16.2. The lowest BCUT2D eigenvalue weighted by atomic mass is 10.0. The first-order valence-electron chi connectivity index (χ1n) is 7.75. The maximum absolute atomic E-state index is 11.9. The Morgan fingerprint density at radius 1 is 0.818 bits per heavy atom. The smallest absolute Gasteiger partial charge is 0.338 e. The molecule has 0 amide bonds. The molecule has 0 saturated heterocycles. The minimum absolute atomic E-state index is 0.230. The predicted octanol–water partition coefficient (Wildman–Crippen LogP) is 4.06. The summed E-state index contributed by atoms with van der Waals surface area (Å²) in [5.74, 6) is -0.276. The summed E-state index contributed by atoms with van der Waals surface area (Å²) in [7, 11) is 0. The van der Waals surface area contributed by atoms with Crippen LogP contribution in [0, 0.1) is 0 Å². The second-order valence-electron chi connectivity index (χ2n) is 5.22. The second-order valence-corrected chi connectivity index (χ2v) is 5.22. The van der Waals surface area contributed by atoms with E-state index in [-0.39, 0.29) is 12.6 Å². The lowest BCUT2D eigenvalue weighted by Crippen LogP contribution is -2.06. The molecule has 0 radical (unpaired) electrons. The highest BCUT2D eigenvalue weighted by molar-refractivity contribution is 5.90. The molecule has 0 aliphatic heterocycles. The maximum Gasteiger partial charge on any atom is 0.338 e. The van der Waals surface area contributed by atoms with Crippen LogP contribution in [0.2, 0.25) is 0 Å². The number of aliphatic hydroxyl groups is 1. The van der Waals surface area contributed by atoms with E-state index in [9.17, 15) is 4.79 Å². The maximum atomic E-state index is 11.9. The van der Waals surface area contributed by atoms with Crippen molar-refractivity contribution in [2.24, 2.45) is 0 Å². The first-order valence-corrected chi connectivity index (χ1v) is 7.75. The number of carbonyl (C=O) groups excluding carboxylic acids is 1. The predicted molar refractivity (Wildman–Crippen MR) is 87.7 cm³/mol. The third-order valence-corrected chi connectivity index (χ3v) is 3.51. The van der Waals surface area contributed by atoms with Crippen LogP contribution in [0.15, 0.2) is 54.6 Å². The van der Waals surface area contributed by atoms with Crippen molar-refractivity contribution in [2.45, 2.75) is 25.7 Å². The van der Waals surface area contributed by atoms with E-state index in [4.69, 9.17) is 9.84 Å². The van der Waals surface area contributed by atoms with Gasteiger partial charge in [0.15, 0.2) is 0 Å². The van der Waals surface area contributed by atoms with Crippen LogP contribution in [-0.2, 0) is 4.74 Å². The largest absolute Gasteiger partial charge is 0.462 e. The van der Waals surface area contributed by atoms with Crippen molar-refractivity contribution in [3.63, 3.8) is 0 Å². The van der Waals surface area contributed by atoms with Crippen LogP contribution in [0.1, 0.15) is 36.0 Å². The van der Waals surface area contributed by atoms with Crippen molar-refractivity contribution >= 4 is 5.97 Å². The Kier molecular flexibility index (Phi) is 6.65. The SMILES string of the molecule is O=C(OCCCCCCO)c1ccc(-c2ccccc2)cc1. The summed E-state index contributed by atoms with van der Waals surface area (Å²) in [5.41, 5.74) is 2.79. The molecule has 0 bridgehead atoms. The highest BCUT2D eigenvalue weighted by atomic mass is 16.5. The van der Waals surface area contributed by atoms with Crippen molar-refractivity contribution in [3.05, 3.63) is 60.2 Å². The summed E-state index contributed by atoms with van der Waals surface area (Å²) in [6.07, 6.45) is 3.60. The average Bonchev–Trinajstić information content (AvgIpc) is 2.59. The van der Waals surface area contributed by atoms with Crippen LogP contribution in [0.3, 0.4) is 0 Å². The summed E-state index contributed by atoms with van der Waals surface area (Å²) >= 11 is 0. The van der Waals surface area contributed by atoms with E-state index in [0.717, 1.165) is 36.8 Å². The zero-order valence-corrected chi connectivity index (χ0v) is 12.7. The zero-order chi connectivity index (χ0) is 15.6. The van der Waals surface area contributed by atoms with Crippen LogP contribution >= 0.6 is 0 Å². The van der Waals surface area contributed by atoms with Gasteiger partial charge in [-0.2, -0.15) is 0 Å². The Bertz CT molecular complexity index is 561. The van der Waals surface area contributed by atoms with Gasteiger partial charge in [-0.1, -0.05) is 48.9 Å². The molecule has 3 heteroatoms. The van der Waals surface area contributed by atoms with Gasteiger partial charge >= 0.3 is 5.97 Å². The Balaban J connectivity index is 1.81. The van der Waals surface area contributed by atoms with E-state index in [1.807, 2.05) is 42.5 Å². The molecule has 0 aromatic heterocycles. The van der Waals surface area contributed by atoms with Gasteiger partial charge in [-0.05, 0) is 42.5 Å². The molecule has 0 unspecified atom stereocenters. The van der Waals surface area contributed by atoms with Crippen LogP contribution in [0.5, 0.6) is 0 Å². The fraction of sp³-hybridized carbons (Fsp3) is 0.316. The molecule has 2 aromatic rings. The molecule has 0 atom stereocenters. The number of carbonyl (C=O) groups is 1. The van der Waals surface area contributed by atoms with Crippen molar-refractivity contribution in [1.82, 2.24) is 0 Å². The number of unbranched alkanes of at least 4 members (excludes halogenated alkanes) is 3. The summed E-state index contributed by atoms with van der Waals surface area (Å²) in [4.78, 5) is 11.9. The Morgan fingerprint density at radius 3 is 2.14 bits per heavy atom. The lowest BCUT2D eigenvalue weighted by Gasteiger charge is -2.06. The van der Waals surface area contributed by atoms with Crippen LogP contribution in [-0.4, -0.2) is 24.3 Å². The number of hydrogen-bond donors (Lipinski definition) is 1. The highest BCUT2D eigenvalue weighted by Crippen LogP contribution is 2.19. The molecule has 0 aliphatic rings. The lowest BCUT2D eigenvalue weighted by molar-refractivity contribution is 0.0497. The monoisotopic (exact) mass is 298 g/mol. The van der Waals surface area contributed by atoms with E-state index >= 15 is 0 Å². The molecule has 22 heavy (non-hydrogen) atoms. The molecule has 1 N–H and O–H groups in total. The van der Waals surface area contributed by atoms with Crippen molar-refractivity contribution < 1.29 is 14.6 Å². The number of hydrogen-bond acceptors (Lipinski definition) is 3. The van der Waals surface area contributed by atoms with Crippen molar-refractivity contribution in [1.29, 1.82) is 0 Å². The van der Waals surface area contributed by atoms with Crippen LogP contribution in [0.25, 0.3) is 11.1 Å². The molecule has 116 valence electrons. The standard InChI is InChI=1S/C19H22O3/c20-14-6-1-2-7-15-22-19(21)18-12-10-17(11-13-18)16-8-4-3-5-9-16/h3-5,8-13,20H,1-2,6-7,14-15H2. The first-order chi connectivity index (χ1) is 10.8. The van der Waals surface area contributed by atoms with Gasteiger partial charge in [0.1, 0.15) is 0 Å². The third-order valence-electron chi connectivity index (χ3n) is 3.51. The van der Waals surface area contributed by atoms with Gasteiger partial charge in [-0.3, -0.25) is 0 Å². The van der Waals surface area contributed by atoms with Crippen LogP contribution in [0.4, 0.5) is 0 Å². The summed E-state index contributed by atoms with van der Waals surface area (Å²) in [5, 5.41) is 8.68. The highest BCUT2D eigenvalue weighted by Gasteiger charge is 2.07. The number of benzene rings is 2. The van der Waals surface area contributed by atoms with E-state index in [2.05, 4.69) is 0 Å². The fourth-order valence-electron chi connectivity index (χ4n) is 2.24. The Labute approximate surface area is 131 Å². The van der Waals surface area contributed by atoms with Gasteiger partial charge in [0, 0.05) is 6.61 Å². The molecule has 0 spiro atoms. The number of esters is 1. The Morgan fingerprint density at radius 2 is 1.45 bits per heavy atom. The second kappa shape index (κ2) is 9.00. The van der Waals surface area contributed by atoms with Crippen molar-refractivity contribution in [3.8, 4) is 11.1 Å². The summed E-state index contributed by atoms with van der Waals surface area (Å²) in [6.45, 7) is 0.665. The van der Waals surface area contributed by atoms with Gasteiger partial charge in [-0.15, -0.1) is 0 Å². The molecular formula is C19H22O3. The molecule has 0 heterocycles. The molecule has 2 aromatic carbocycles. The minimum atomic E-state index is -0.276. The molecule has 3 nitrogen and oxygen atoms in total. The number of aliphatic hydroxyl groups excluding tert-OH is 1. The molecule has 0 saturated carbocycles. The summed E-state index contributed by atoms with van der Waals surface area (Å²) in [6, 6.07) is 17.5. The van der Waals surface area contributed by atoms with Crippen LogP contribution < -0.4 is 0 Å². The Hall–Kier alpha value is -2.13. The minimum Gasteiger partial charge on any atom is -0.462 e. The van der Waals surface area contributed by atoms with E-state index in [0.29, 0.717) is 12.2 Å². The normalized spacial score (nSPS) is 10.4. The van der Waals surface area contributed by atoms with Gasteiger partial charge in [0.25, 0.3) is 0 Å². The average molecular weight is 298 g/mol. The molecular weight excluding hydrogens is 276 g/mol. The topological polar surface area (TPSA) is 46.5 Å². The summed E-state index contributed by atoms with van der Waals surface area (Å²) < 4.78 is 5.25. The van der Waals surface area contributed by atoms with Gasteiger partial charge < -0.3 is 9.84 Å². The van der Waals surface area contributed by atoms with Gasteiger partial charge in [0.05, 0.1) is 12.2 Å². The van der Waals surface area contributed by atoms with Gasteiger partial charge in [0.2, 0.25) is 0 Å². The van der Waals surface area contributed by atoms with E-state index in [1.54, 1.807) is 12.1 Å². The zero-order valence-electron chi connectivity index (χ0n) is 12.7. The third kappa shape index (κ3) is 5.01. The molecule has 0 fully saturated rings. The van der Waals surface area contributed by atoms with Gasteiger partial charge in [-0.25, -0.2) is 4.79 Å². The van der Waals surface area contributed by atoms with Crippen molar-refractivity contribution in [2.75, 3.05) is 13.2 Å². The number of ether oxygens (including phenoxy) is 1. The molecule has 0 aliphatic carbocycles. The number of rotatable bonds is 8. The quantitative estimate of drug-likeness (QED) is 0.590. The fourth-order valence-corrected chi connectivity index (χ4v) is 2.24. The van der Waals surface area contributed by atoms with E-state index < -0.39 is 0 Å². The molecule has 2 rings (SSSR count). The van der Waals surface area contributed by atoms with E-state index in [1.165, 1.54) is 0 Å².